The highest BCUT2D eigenvalue weighted by Gasteiger charge is 2.03. The molecule has 0 amide bonds. The van der Waals surface area contributed by atoms with Crippen LogP contribution in [0.15, 0.2) is 42.7 Å². The molecule has 0 atom stereocenters. The van der Waals surface area contributed by atoms with Gasteiger partial charge in [0.1, 0.15) is 0 Å². The van der Waals surface area contributed by atoms with E-state index < -0.39 is 4.92 Å². The van der Waals surface area contributed by atoms with Crippen LogP contribution < -0.4 is 5.32 Å². The Morgan fingerprint density at radius 3 is 2.53 bits per heavy atom. The molecule has 2 rings (SSSR count). The number of nitro groups is 1. The zero-order valence-electron chi connectivity index (χ0n) is 9.46. The number of aromatic nitrogens is 1. The summed E-state index contributed by atoms with van der Waals surface area (Å²) in [6.07, 6.45) is 4.01. The highest BCUT2D eigenvalue weighted by molar-refractivity contribution is 5.48. The fourth-order valence-corrected chi connectivity index (χ4v) is 1.57. The quantitative estimate of drug-likeness (QED) is 0.649. The molecular formula is C12H13N3O2. The van der Waals surface area contributed by atoms with Crippen LogP contribution in [0, 0.1) is 10.1 Å². The highest BCUT2D eigenvalue weighted by atomic mass is 16.6. The lowest BCUT2D eigenvalue weighted by Gasteiger charge is -2.04. The highest BCUT2D eigenvalue weighted by Crippen LogP contribution is 2.16. The van der Waals surface area contributed by atoms with Gasteiger partial charge in [-0.05, 0) is 23.8 Å². The van der Waals surface area contributed by atoms with Crippen LogP contribution in [0.1, 0.15) is 5.56 Å². The first-order valence-electron chi connectivity index (χ1n) is 5.24. The summed E-state index contributed by atoms with van der Waals surface area (Å²) in [4.78, 5) is 10.1. The van der Waals surface area contributed by atoms with Crippen molar-refractivity contribution in [3.63, 3.8) is 0 Å². The average Bonchev–Trinajstić information content (AvgIpc) is 2.73. The first-order chi connectivity index (χ1) is 8.15. The zero-order chi connectivity index (χ0) is 12.3. The molecule has 1 aromatic heterocycles. The Morgan fingerprint density at radius 1 is 1.29 bits per heavy atom. The van der Waals surface area contributed by atoms with Crippen molar-refractivity contribution in [2.24, 2.45) is 7.05 Å². The molecule has 0 unspecified atom stereocenters. The Labute approximate surface area is 98.8 Å². The minimum Gasteiger partial charge on any atom is -0.381 e. The van der Waals surface area contributed by atoms with E-state index in [-0.39, 0.29) is 5.69 Å². The van der Waals surface area contributed by atoms with E-state index in [1.54, 1.807) is 12.1 Å². The monoisotopic (exact) mass is 231 g/mol. The number of aryl methyl sites for hydroxylation is 1. The summed E-state index contributed by atoms with van der Waals surface area (Å²) >= 11 is 0. The van der Waals surface area contributed by atoms with Gasteiger partial charge in [0.05, 0.1) is 4.92 Å². The second-order valence-corrected chi connectivity index (χ2v) is 3.84. The standard InChI is InChI=1S/C12H13N3O2/c1-14-7-6-10(9-14)8-13-11-2-4-12(5-3-11)15(16)17/h2-7,9,13H,8H2,1H3. The van der Waals surface area contributed by atoms with Gasteiger partial charge in [-0.1, -0.05) is 0 Å². The molecule has 88 valence electrons. The van der Waals surface area contributed by atoms with Gasteiger partial charge in [0.2, 0.25) is 0 Å². The van der Waals surface area contributed by atoms with Gasteiger partial charge in [-0.2, -0.15) is 0 Å². The summed E-state index contributed by atoms with van der Waals surface area (Å²) in [6, 6.07) is 8.43. The molecule has 5 nitrogen and oxygen atoms in total. The first-order valence-corrected chi connectivity index (χ1v) is 5.24. The number of nitrogens with one attached hydrogen (secondary N) is 1. The largest absolute Gasteiger partial charge is 0.381 e. The van der Waals surface area contributed by atoms with Gasteiger partial charge >= 0.3 is 0 Å². The average molecular weight is 231 g/mol. The SMILES string of the molecule is Cn1ccc(CNc2ccc([N+](=O)[O-])cc2)c1. The predicted molar refractivity (Wildman–Crippen MR) is 65.8 cm³/mol. The van der Waals surface area contributed by atoms with E-state index in [2.05, 4.69) is 5.32 Å². The van der Waals surface area contributed by atoms with Gasteiger partial charge in [-0.15, -0.1) is 0 Å². The summed E-state index contributed by atoms with van der Waals surface area (Å²) in [5.74, 6) is 0. The van der Waals surface area contributed by atoms with E-state index in [0.717, 1.165) is 5.69 Å². The fourth-order valence-electron chi connectivity index (χ4n) is 1.57. The molecule has 1 N–H and O–H groups in total. The third-order valence-electron chi connectivity index (χ3n) is 2.47. The van der Waals surface area contributed by atoms with Gasteiger partial charge < -0.3 is 9.88 Å². The maximum atomic E-state index is 10.5. The molecule has 0 saturated heterocycles. The van der Waals surface area contributed by atoms with Crippen LogP contribution in [0.2, 0.25) is 0 Å². The van der Waals surface area contributed by atoms with Crippen molar-refractivity contribution in [2.75, 3.05) is 5.32 Å². The molecule has 0 radical (unpaired) electrons. The fraction of sp³-hybridized carbons (Fsp3) is 0.167. The molecule has 0 bridgehead atoms. The Balaban J connectivity index is 1.97. The van der Waals surface area contributed by atoms with Crippen LogP contribution in [-0.4, -0.2) is 9.49 Å². The third-order valence-corrected chi connectivity index (χ3v) is 2.47. The molecule has 5 heteroatoms. The van der Waals surface area contributed by atoms with E-state index in [0.29, 0.717) is 6.54 Å². The van der Waals surface area contributed by atoms with Gasteiger partial charge in [0, 0.05) is 43.8 Å². The lowest BCUT2D eigenvalue weighted by Crippen LogP contribution is -1.98. The van der Waals surface area contributed by atoms with Crippen LogP contribution in [0.4, 0.5) is 11.4 Å². The van der Waals surface area contributed by atoms with E-state index >= 15 is 0 Å². The summed E-state index contributed by atoms with van der Waals surface area (Å²) < 4.78 is 1.98. The van der Waals surface area contributed by atoms with Crippen LogP contribution in [-0.2, 0) is 13.6 Å². The molecule has 0 spiro atoms. The van der Waals surface area contributed by atoms with Crippen molar-refractivity contribution in [3.05, 3.63) is 58.4 Å². The minimum absolute atomic E-state index is 0.107. The molecule has 17 heavy (non-hydrogen) atoms. The van der Waals surface area contributed by atoms with E-state index in [1.807, 2.05) is 30.1 Å². The lowest BCUT2D eigenvalue weighted by molar-refractivity contribution is -0.384. The Hall–Kier alpha value is -2.30. The van der Waals surface area contributed by atoms with Crippen LogP contribution in [0.5, 0.6) is 0 Å². The smallest absolute Gasteiger partial charge is 0.269 e. The van der Waals surface area contributed by atoms with E-state index in [1.165, 1.54) is 17.7 Å². The second kappa shape index (κ2) is 4.69. The molecule has 1 heterocycles. The number of benzene rings is 1. The maximum Gasteiger partial charge on any atom is 0.269 e. The minimum atomic E-state index is -0.402. The molecule has 0 aliphatic carbocycles. The van der Waals surface area contributed by atoms with Crippen molar-refractivity contribution in [1.29, 1.82) is 0 Å². The summed E-state index contributed by atoms with van der Waals surface area (Å²) in [5, 5.41) is 13.7. The molecule has 0 fully saturated rings. The van der Waals surface area contributed by atoms with Crippen LogP contribution >= 0.6 is 0 Å². The predicted octanol–water partition coefficient (Wildman–Crippen LogP) is 2.55. The summed E-state index contributed by atoms with van der Waals surface area (Å²) in [7, 11) is 1.97. The molecule has 0 saturated carbocycles. The van der Waals surface area contributed by atoms with Crippen molar-refractivity contribution in [3.8, 4) is 0 Å². The van der Waals surface area contributed by atoms with Crippen molar-refractivity contribution >= 4 is 11.4 Å². The van der Waals surface area contributed by atoms with Gasteiger partial charge in [-0.25, -0.2) is 0 Å². The normalized spacial score (nSPS) is 10.2. The zero-order valence-corrected chi connectivity index (χ0v) is 9.46. The topological polar surface area (TPSA) is 60.1 Å². The molecule has 0 aliphatic heterocycles. The molecular weight excluding hydrogens is 218 g/mol. The number of hydrogen-bond acceptors (Lipinski definition) is 3. The Kier molecular flexibility index (Phi) is 3.09. The Morgan fingerprint density at radius 2 is 2.00 bits per heavy atom. The number of rotatable bonds is 4. The van der Waals surface area contributed by atoms with Crippen molar-refractivity contribution in [1.82, 2.24) is 4.57 Å². The van der Waals surface area contributed by atoms with E-state index in [4.69, 9.17) is 0 Å². The maximum absolute atomic E-state index is 10.5. The van der Waals surface area contributed by atoms with Crippen molar-refractivity contribution < 1.29 is 4.92 Å². The second-order valence-electron chi connectivity index (χ2n) is 3.84. The summed E-state index contributed by atoms with van der Waals surface area (Å²) in [6.45, 7) is 0.707. The number of anilines is 1. The van der Waals surface area contributed by atoms with Gasteiger partial charge in [0.15, 0.2) is 0 Å². The molecule has 2 aromatic rings. The third kappa shape index (κ3) is 2.84. The van der Waals surface area contributed by atoms with Crippen LogP contribution in [0.25, 0.3) is 0 Å². The number of non-ortho nitro benzene ring substituents is 1. The Bertz CT molecular complexity index is 517. The first kappa shape index (κ1) is 11.2. The van der Waals surface area contributed by atoms with E-state index in [9.17, 15) is 10.1 Å². The molecule has 0 aliphatic rings. The summed E-state index contributed by atoms with van der Waals surface area (Å²) in [5.41, 5.74) is 2.15. The van der Waals surface area contributed by atoms with Crippen molar-refractivity contribution in [2.45, 2.75) is 6.54 Å². The number of nitrogens with zero attached hydrogens (tertiary/aromatic N) is 2. The van der Waals surface area contributed by atoms with Gasteiger partial charge in [0.25, 0.3) is 5.69 Å². The molecule has 1 aromatic carbocycles. The number of nitro benzene ring substituents is 1. The number of hydrogen-bond donors (Lipinski definition) is 1. The lowest BCUT2D eigenvalue weighted by atomic mass is 10.2. The van der Waals surface area contributed by atoms with Crippen LogP contribution in [0.3, 0.4) is 0 Å². The van der Waals surface area contributed by atoms with Gasteiger partial charge in [-0.3, -0.25) is 10.1 Å².